The molecule has 4 nitrogen and oxygen atoms in total. The molecule has 2 rings (SSSR count). The number of hydrogen-bond acceptors (Lipinski definition) is 2. The van der Waals surface area contributed by atoms with Gasteiger partial charge in [0.05, 0.1) is 5.56 Å². The van der Waals surface area contributed by atoms with E-state index in [1.165, 1.54) is 11.1 Å². The van der Waals surface area contributed by atoms with Crippen molar-refractivity contribution in [2.45, 2.75) is 40.5 Å². The van der Waals surface area contributed by atoms with Gasteiger partial charge in [0.15, 0.2) is 0 Å². The van der Waals surface area contributed by atoms with Crippen LogP contribution in [0, 0.1) is 6.92 Å². The summed E-state index contributed by atoms with van der Waals surface area (Å²) in [6.07, 6.45) is 0. The zero-order valence-corrected chi connectivity index (χ0v) is 16.1. The van der Waals surface area contributed by atoms with Crippen LogP contribution in [0.25, 0.3) is 11.3 Å². The van der Waals surface area contributed by atoms with Gasteiger partial charge in [0.1, 0.15) is 0 Å². The van der Waals surface area contributed by atoms with Gasteiger partial charge in [-0.1, -0.05) is 52.0 Å². The molecule has 0 radical (unpaired) electrons. The molecule has 0 aliphatic carbocycles. The first kappa shape index (κ1) is 19.3. The maximum absolute atomic E-state index is 12.5. The topological polar surface area (TPSA) is 48.1 Å². The van der Waals surface area contributed by atoms with Crippen LogP contribution in [0.1, 0.15) is 55.2 Å². The van der Waals surface area contributed by atoms with Crippen LogP contribution in [0.15, 0.2) is 30.3 Å². The van der Waals surface area contributed by atoms with Gasteiger partial charge < -0.3 is 15.2 Å². The minimum Gasteiger partial charge on any atom is -0.358 e. The molecule has 136 valence electrons. The summed E-state index contributed by atoms with van der Waals surface area (Å²) in [5, 5.41) is 3.04. The number of nitrogens with one attached hydrogen (secondary N) is 2. The first-order valence-electron chi connectivity index (χ1n) is 9.27. The summed E-state index contributed by atoms with van der Waals surface area (Å²) in [7, 11) is 0. The number of likely N-dealkylation sites (N-methyl/N-ethyl adjacent to an activating group) is 1. The number of H-pyrrole nitrogens is 1. The van der Waals surface area contributed by atoms with Gasteiger partial charge in [-0.3, -0.25) is 4.79 Å². The monoisotopic (exact) mass is 341 g/mol. The highest BCUT2D eigenvalue weighted by Gasteiger charge is 2.16. The van der Waals surface area contributed by atoms with Gasteiger partial charge in [-0.25, -0.2) is 0 Å². The minimum absolute atomic E-state index is 0.00539. The summed E-state index contributed by atoms with van der Waals surface area (Å²) in [6, 6.07) is 10.3. The summed E-state index contributed by atoms with van der Waals surface area (Å²) < 4.78 is 0. The molecule has 1 aromatic carbocycles. The highest BCUT2D eigenvalue weighted by atomic mass is 16.1. The van der Waals surface area contributed by atoms with Crippen molar-refractivity contribution in [2.24, 2.45) is 0 Å². The zero-order chi connectivity index (χ0) is 18.4. The number of aromatic nitrogens is 1. The lowest BCUT2D eigenvalue weighted by Crippen LogP contribution is -2.34. The molecule has 0 saturated carbocycles. The van der Waals surface area contributed by atoms with Gasteiger partial charge in [-0.15, -0.1) is 0 Å². The maximum Gasteiger partial charge on any atom is 0.253 e. The van der Waals surface area contributed by atoms with E-state index in [-0.39, 0.29) is 5.91 Å². The van der Waals surface area contributed by atoms with Gasteiger partial charge in [0.2, 0.25) is 0 Å². The predicted octanol–water partition coefficient (Wildman–Crippen LogP) is 4.19. The number of rotatable bonds is 8. The van der Waals surface area contributed by atoms with E-state index in [1.807, 2.05) is 19.1 Å². The van der Waals surface area contributed by atoms with Crippen molar-refractivity contribution < 1.29 is 4.79 Å². The lowest BCUT2D eigenvalue weighted by Gasteiger charge is -2.17. The van der Waals surface area contributed by atoms with Crippen molar-refractivity contribution in [3.8, 4) is 11.3 Å². The number of amides is 1. The number of carbonyl (C=O) groups is 1. The van der Waals surface area contributed by atoms with E-state index in [0.717, 1.165) is 36.6 Å². The average molecular weight is 341 g/mol. The molecule has 0 aliphatic heterocycles. The molecule has 0 fully saturated rings. The van der Waals surface area contributed by atoms with Gasteiger partial charge in [-0.2, -0.15) is 0 Å². The second-order valence-electron chi connectivity index (χ2n) is 6.75. The standard InChI is InChI=1S/C21H31N3O/c1-6-24(7-2)13-12-22-21(25)19-14-20(23-16(19)5)18-11-9-8-10-17(18)15(3)4/h8-11,14-15,23H,6-7,12-13H2,1-5H3,(H,22,25). The largest absolute Gasteiger partial charge is 0.358 e. The SMILES string of the molecule is CCN(CC)CCNC(=O)c1cc(-c2ccccc2C(C)C)[nH]c1C. The molecule has 1 aromatic heterocycles. The lowest BCUT2D eigenvalue weighted by atomic mass is 9.95. The zero-order valence-electron chi connectivity index (χ0n) is 16.1. The molecule has 0 spiro atoms. The van der Waals surface area contributed by atoms with Crippen molar-refractivity contribution in [2.75, 3.05) is 26.2 Å². The Labute approximate surface area is 151 Å². The predicted molar refractivity (Wildman–Crippen MR) is 105 cm³/mol. The lowest BCUT2D eigenvalue weighted by molar-refractivity contribution is 0.0948. The first-order valence-corrected chi connectivity index (χ1v) is 9.27. The van der Waals surface area contributed by atoms with Crippen molar-refractivity contribution in [1.82, 2.24) is 15.2 Å². The van der Waals surface area contributed by atoms with E-state index in [1.54, 1.807) is 0 Å². The van der Waals surface area contributed by atoms with E-state index in [4.69, 9.17) is 0 Å². The molecule has 0 atom stereocenters. The van der Waals surface area contributed by atoms with Crippen molar-refractivity contribution in [3.63, 3.8) is 0 Å². The molecule has 0 unspecified atom stereocenters. The molecule has 2 N–H and O–H groups in total. The molecule has 0 saturated heterocycles. The molecule has 1 heterocycles. The third-order valence-electron chi connectivity index (χ3n) is 4.74. The Morgan fingerprint density at radius 1 is 1.20 bits per heavy atom. The van der Waals surface area contributed by atoms with Gasteiger partial charge in [0, 0.05) is 30.0 Å². The molecule has 2 aromatic rings. The van der Waals surface area contributed by atoms with Gasteiger partial charge in [0.25, 0.3) is 5.91 Å². The van der Waals surface area contributed by atoms with Crippen LogP contribution in [-0.2, 0) is 0 Å². The van der Waals surface area contributed by atoms with Crippen LogP contribution in [-0.4, -0.2) is 42.0 Å². The highest BCUT2D eigenvalue weighted by Crippen LogP contribution is 2.29. The molecule has 25 heavy (non-hydrogen) atoms. The van der Waals surface area contributed by atoms with E-state index >= 15 is 0 Å². The normalized spacial score (nSPS) is 11.3. The number of aryl methyl sites for hydroxylation is 1. The number of aromatic amines is 1. The molecule has 4 heteroatoms. The Bertz CT molecular complexity index is 699. The highest BCUT2D eigenvalue weighted by molar-refractivity contribution is 5.96. The fraction of sp³-hybridized carbons (Fsp3) is 0.476. The second-order valence-corrected chi connectivity index (χ2v) is 6.75. The number of nitrogens with zero attached hydrogens (tertiary/aromatic N) is 1. The van der Waals surface area contributed by atoms with Crippen LogP contribution in [0.5, 0.6) is 0 Å². The number of benzene rings is 1. The summed E-state index contributed by atoms with van der Waals surface area (Å²) in [5.74, 6) is 0.431. The summed E-state index contributed by atoms with van der Waals surface area (Å²) >= 11 is 0. The fourth-order valence-electron chi connectivity index (χ4n) is 3.15. The van der Waals surface area contributed by atoms with Crippen LogP contribution < -0.4 is 5.32 Å². The van der Waals surface area contributed by atoms with Crippen molar-refractivity contribution >= 4 is 5.91 Å². The molecular weight excluding hydrogens is 310 g/mol. The molecular formula is C21H31N3O. The van der Waals surface area contributed by atoms with Crippen LogP contribution in [0.4, 0.5) is 0 Å². The molecule has 1 amide bonds. The van der Waals surface area contributed by atoms with E-state index in [0.29, 0.717) is 12.5 Å². The maximum atomic E-state index is 12.5. The first-order chi connectivity index (χ1) is 12.0. The van der Waals surface area contributed by atoms with Crippen molar-refractivity contribution in [1.29, 1.82) is 0 Å². The Morgan fingerprint density at radius 3 is 2.52 bits per heavy atom. The van der Waals surface area contributed by atoms with E-state index in [2.05, 4.69) is 61.1 Å². The Balaban J connectivity index is 2.14. The Morgan fingerprint density at radius 2 is 1.88 bits per heavy atom. The van der Waals surface area contributed by atoms with Gasteiger partial charge in [-0.05, 0) is 37.6 Å². The molecule has 0 aliphatic rings. The van der Waals surface area contributed by atoms with Crippen molar-refractivity contribution in [3.05, 3.63) is 47.2 Å². The van der Waals surface area contributed by atoms with E-state index in [9.17, 15) is 4.79 Å². The smallest absolute Gasteiger partial charge is 0.253 e. The van der Waals surface area contributed by atoms with Gasteiger partial charge >= 0.3 is 0 Å². The molecule has 0 bridgehead atoms. The number of hydrogen-bond donors (Lipinski definition) is 2. The third kappa shape index (κ3) is 4.73. The Hall–Kier alpha value is -2.07. The summed E-state index contributed by atoms with van der Waals surface area (Å²) in [4.78, 5) is 18.2. The third-order valence-corrected chi connectivity index (χ3v) is 4.74. The fourth-order valence-corrected chi connectivity index (χ4v) is 3.15. The summed E-state index contributed by atoms with van der Waals surface area (Å²) in [6.45, 7) is 14.2. The average Bonchev–Trinajstić information content (AvgIpc) is 3.00. The Kier molecular flexibility index (Phi) is 6.82. The van der Waals surface area contributed by atoms with Crippen LogP contribution in [0.3, 0.4) is 0 Å². The van der Waals surface area contributed by atoms with E-state index < -0.39 is 0 Å². The quantitative estimate of drug-likeness (QED) is 0.756. The minimum atomic E-state index is -0.00539. The summed E-state index contributed by atoms with van der Waals surface area (Å²) in [5.41, 5.74) is 5.11. The second kappa shape index (κ2) is 8.86. The number of carbonyl (C=O) groups excluding carboxylic acids is 1. The van der Waals surface area contributed by atoms with Crippen LogP contribution in [0.2, 0.25) is 0 Å². The van der Waals surface area contributed by atoms with Crippen LogP contribution >= 0.6 is 0 Å².